The van der Waals surface area contributed by atoms with Gasteiger partial charge in [0.1, 0.15) is 24.4 Å². The summed E-state index contributed by atoms with van der Waals surface area (Å²) in [5.74, 6) is -7.83. The Morgan fingerprint density at radius 1 is 1.08 bits per heavy atom. The maximum atomic E-state index is 15.3. The molecule has 2 N–H and O–H groups in total. The van der Waals surface area contributed by atoms with E-state index in [1.54, 1.807) is 51.1 Å². The van der Waals surface area contributed by atoms with Crippen LogP contribution in [0, 0.1) is 23.2 Å². The van der Waals surface area contributed by atoms with E-state index < -0.39 is 65.6 Å². The van der Waals surface area contributed by atoms with E-state index in [0.717, 1.165) is 16.7 Å². The number of halogens is 5. The van der Waals surface area contributed by atoms with Crippen molar-refractivity contribution in [2.75, 3.05) is 6.61 Å². The van der Waals surface area contributed by atoms with Crippen LogP contribution in [-0.4, -0.2) is 53.3 Å². The van der Waals surface area contributed by atoms with Crippen LogP contribution in [0.25, 0.3) is 0 Å². The average Bonchev–Trinajstić information content (AvgIpc) is 3.32. The third kappa shape index (κ3) is 6.34. The second-order valence-corrected chi connectivity index (χ2v) is 14.5. The Morgan fingerprint density at radius 2 is 1.76 bits per heavy atom. The third-order valence-electron chi connectivity index (χ3n) is 11.4. The van der Waals surface area contributed by atoms with Gasteiger partial charge in [0.15, 0.2) is 5.78 Å². The minimum absolute atomic E-state index is 0.00603. The van der Waals surface area contributed by atoms with Crippen molar-refractivity contribution in [3.05, 3.63) is 70.8 Å². The molecule has 0 aromatic heterocycles. The van der Waals surface area contributed by atoms with E-state index in [2.05, 4.69) is 11.9 Å². The number of esters is 1. The van der Waals surface area contributed by atoms with E-state index >= 15 is 8.78 Å². The quantitative estimate of drug-likeness (QED) is 0.154. The smallest absolute Gasteiger partial charge is 0.456 e. The zero-order chi connectivity index (χ0) is 36.1. The van der Waals surface area contributed by atoms with Gasteiger partial charge in [-0.3, -0.25) is 4.79 Å². The van der Waals surface area contributed by atoms with Crippen LogP contribution in [0.4, 0.5) is 26.7 Å². The molecule has 0 unspecified atom stereocenters. The molecule has 7 atom stereocenters. The van der Waals surface area contributed by atoms with Gasteiger partial charge in [0.2, 0.25) is 0 Å². The predicted octanol–water partition coefficient (Wildman–Crippen LogP) is 8.06. The van der Waals surface area contributed by atoms with Crippen molar-refractivity contribution in [1.29, 1.82) is 0 Å². The summed E-state index contributed by atoms with van der Waals surface area (Å²) in [6.45, 7) is 9.96. The molecule has 4 aliphatic rings. The largest absolute Gasteiger partial charge is 0.456 e. The average molecular weight is 694 g/mol. The normalized spacial score (nSPS) is 29.7. The van der Waals surface area contributed by atoms with Gasteiger partial charge in [-0.2, -0.15) is 22.0 Å². The Labute approximate surface area is 283 Å². The fourth-order valence-electron chi connectivity index (χ4n) is 8.83. The fraction of sp³-hybridized carbons (Fsp3) is 0.595. The molecule has 1 amide bonds. The summed E-state index contributed by atoms with van der Waals surface area (Å²) >= 11 is 0. The summed E-state index contributed by atoms with van der Waals surface area (Å²) in [5.41, 5.74) is -0.953. The number of alkyl halides is 5. The van der Waals surface area contributed by atoms with Crippen molar-refractivity contribution in [3.8, 4) is 0 Å². The van der Waals surface area contributed by atoms with E-state index in [0.29, 0.717) is 36.8 Å². The van der Waals surface area contributed by atoms with Gasteiger partial charge < -0.3 is 19.9 Å². The first kappa shape index (κ1) is 36.7. The molecule has 1 aromatic rings. The highest BCUT2D eigenvalue weighted by Gasteiger charge is 2.79. The first-order valence-corrected chi connectivity index (χ1v) is 16.8. The first-order valence-electron chi connectivity index (χ1n) is 16.8. The number of alkyl carbamates (subject to hydrolysis) is 1. The number of allylic oxidation sites excluding steroid dienone is 4. The zero-order valence-corrected chi connectivity index (χ0v) is 28.2. The molecule has 2 saturated carbocycles. The number of amides is 1. The molecular weight excluding hydrogens is 649 g/mol. The number of ether oxygens (including phenoxy) is 2. The molecule has 0 radical (unpaired) electrons. The number of benzene rings is 1. The highest BCUT2D eigenvalue weighted by Crippen LogP contribution is 2.70. The predicted molar refractivity (Wildman–Crippen MR) is 170 cm³/mol. The number of aliphatic hydroxyl groups is 1. The number of hydrogen-bond acceptors (Lipinski definition) is 6. The molecule has 7 nitrogen and oxygen atoms in total. The molecule has 0 saturated heterocycles. The zero-order valence-electron chi connectivity index (χ0n) is 28.2. The number of nitrogens with one attached hydrogen (secondary N) is 1. The van der Waals surface area contributed by atoms with Gasteiger partial charge in [0.05, 0.1) is 0 Å². The van der Waals surface area contributed by atoms with Crippen LogP contribution in [-0.2, 0) is 19.1 Å². The van der Waals surface area contributed by atoms with Crippen molar-refractivity contribution in [3.63, 3.8) is 0 Å². The summed E-state index contributed by atoms with van der Waals surface area (Å²) in [7, 11) is 0. The van der Waals surface area contributed by atoms with E-state index in [4.69, 9.17) is 9.47 Å². The van der Waals surface area contributed by atoms with Crippen LogP contribution < -0.4 is 5.32 Å². The summed E-state index contributed by atoms with van der Waals surface area (Å²) in [5, 5.41) is 14.0. The monoisotopic (exact) mass is 693 g/mol. The summed E-state index contributed by atoms with van der Waals surface area (Å²) < 4.78 is 82.7. The lowest BCUT2D eigenvalue weighted by Crippen LogP contribution is -2.65. The Hall–Kier alpha value is -3.54. The summed E-state index contributed by atoms with van der Waals surface area (Å²) in [6, 6.07) is 5.95. The van der Waals surface area contributed by atoms with Crippen LogP contribution >= 0.6 is 0 Å². The lowest BCUT2D eigenvalue weighted by atomic mass is 9.50. The van der Waals surface area contributed by atoms with Crippen LogP contribution in [0.3, 0.4) is 0 Å². The number of carbonyl (C=O) groups is 3. The molecule has 2 fully saturated rings. The van der Waals surface area contributed by atoms with Crippen LogP contribution in [0.5, 0.6) is 0 Å². The second-order valence-electron chi connectivity index (χ2n) is 14.5. The van der Waals surface area contributed by atoms with Crippen LogP contribution in [0.1, 0.15) is 95.8 Å². The van der Waals surface area contributed by atoms with Crippen molar-refractivity contribution in [2.45, 2.75) is 108 Å². The Morgan fingerprint density at radius 3 is 2.37 bits per heavy atom. The highest BCUT2D eigenvalue weighted by molar-refractivity contribution is 5.93. The van der Waals surface area contributed by atoms with E-state index in [1.165, 1.54) is 13.0 Å². The number of ketones is 1. The Kier molecular flexibility index (Phi) is 9.97. The van der Waals surface area contributed by atoms with E-state index in [-0.39, 0.29) is 37.1 Å². The molecule has 5 rings (SSSR count). The minimum Gasteiger partial charge on any atom is -0.456 e. The molecule has 49 heavy (non-hydrogen) atoms. The SMILES string of the molecule is C=CCOC(=O)N[C@H](C(=O)O[C@H](C)c1ccc([C@H]2C[C@@]3(C)[C@@H](CC[C@@]3(O)C(F)(F)C(F)(F)F)[C@@H]3CCC4=CC(=O)CCC4=C32)cc1)C(C)C. The molecule has 268 valence electrons. The van der Waals surface area contributed by atoms with E-state index in [1.807, 2.05) is 0 Å². The molecule has 4 aliphatic carbocycles. The van der Waals surface area contributed by atoms with Gasteiger partial charge in [0.25, 0.3) is 0 Å². The molecule has 12 heteroatoms. The summed E-state index contributed by atoms with van der Waals surface area (Å²) in [6.07, 6.45) is -3.46. The number of hydrogen-bond donors (Lipinski definition) is 2. The van der Waals surface area contributed by atoms with Gasteiger partial charge in [-0.15, -0.1) is 0 Å². The first-order chi connectivity index (χ1) is 22.9. The van der Waals surface area contributed by atoms with Crippen molar-refractivity contribution >= 4 is 17.8 Å². The molecule has 0 spiro atoms. The van der Waals surface area contributed by atoms with Gasteiger partial charge in [0, 0.05) is 17.8 Å². The van der Waals surface area contributed by atoms with Crippen molar-refractivity contribution in [2.24, 2.45) is 23.2 Å². The maximum absolute atomic E-state index is 15.3. The highest BCUT2D eigenvalue weighted by atomic mass is 19.4. The lowest BCUT2D eigenvalue weighted by Gasteiger charge is -2.56. The topological polar surface area (TPSA) is 102 Å². The van der Waals surface area contributed by atoms with Gasteiger partial charge >= 0.3 is 24.2 Å². The third-order valence-corrected chi connectivity index (χ3v) is 11.4. The fourth-order valence-corrected chi connectivity index (χ4v) is 8.83. The second kappa shape index (κ2) is 13.3. The Balaban J connectivity index is 1.47. The summed E-state index contributed by atoms with van der Waals surface area (Å²) in [4.78, 5) is 37.4. The molecule has 0 aliphatic heterocycles. The van der Waals surface area contributed by atoms with E-state index in [9.17, 15) is 32.7 Å². The lowest BCUT2D eigenvalue weighted by molar-refractivity contribution is -0.362. The minimum atomic E-state index is -5.93. The van der Waals surface area contributed by atoms with Crippen LogP contribution in [0.2, 0.25) is 0 Å². The number of rotatable bonds is 9. The molecule has 0 bridgehead atoms. The van der Waals surface area contributed by atoms with Gasteiger partial charge in [-0.1, -0.05) is 63.3 Å². The number of carbonyl (C=O) groups excluding carboxylic acids is 3. The van der Waals surface area contributed by atoms with Gasteiger partial charge in [-0.25, -0.2) is 9.59 Å². The Bertz CT molecular complexity index is 1550. The molecular formula is C37H44F5NO6. The standard InChI is InChI=1S/C37H44F5NO6/c1-6-17-48-33(46)43-31(20(2)3)32(45)49-21(4)22-7-9-23(10-8-22)28-19-34(5)29(15-16-35(34,47)36(38,39)37(40,41)42)27-13-11-24-18-25(44)12-14-26(24)30(27)28/h6-10,18,20-21,27-29,31,47H,1,11-17,19H2,2-5H3,(H,43,46)/t21-,27+,28-,29+,31+,34+,35+/m1/s1. The van der Waals surface area contributed by atoms with Crippen LogP contribution in [0.15, 0.2) is 59.7 Å². The molecule has 1 aromatic carbocycles. The maximum Gasteiger partial charge on any atom is 0.456 e. The van der Waals surface area contributed by atoms with Crippen molar-refractivity contribution < 1.29 is 50.9 Å². The van der Waals surface area contributed by atoms with Gasteiger partial charge in [-0.05, 0) is 91.6 Å². The van der Waals surface area contributed by atoms with Crippen molar-refractivity contribution in [1.82, 2.24) is 5.32 Å². The molecule has 0 heterocycles. The number of fused-ring (bicyclic) bond motifs is 4.